The molecule has 0 radical (unpaired) electrons. The van der Waals surface area contributed by atoms with E-state index in [1.807, 2.05) is 37.3 Å². The molecule has 0 aliphatic carbocycles. The van der Waals surface area contributed by atoms with Gasteiger partial charge in [0.15, 0.2) is 0 Å². The molecule has 1 aromatic rings. The highest BCUT2D eigenvalue weighted by molar-refractivity contribution is 5.65. The Labute approximate surface area is 72.9 Å². The van der Waals surface area contributed by atoms with Crippen molar-refractivity contribution < 1.29 is 0 Å². The quantitative estimate of drug-likeness (QED) is 0.648. The molecule has 0 aromatic heterocycles. The van der Waals surface area contributed by atoms with Gasteiger partial charge in [0.2, 0.25) is 0 Å². The minimum atomic E-state index is 0.549. The summed E-state index contributed by atoms with van der Waals surface area (Å²) in [5, 5.41) is 0. The van der Waals surface area contributed by atoms with E-state index < -0.39 is 0 Å². The van der Waals surface area contributed by atoms with Gasteiger partial charge in [-0.15, -0.1) is 0 Å². The van der Waals surface area contributed by atoms with Gasteiger partial charge in [-0.1, -0.05) is 23.8 Å². The van der Waals surface area contributed by atoms with Crippen LogP contribution in [0.4, 0.5) is 5.69 Å². The molecule has 0 saturated heterocycles. The SMILES string of the molecule is Cc1ccc(N)c(C=CCN)c1. The molecule has 0 atom stereocenters. The topological polar surface area (TPSA) is 52.0 Å². The summed E-state index contributed by atoms with van der Waals surface area (Å²) < 4.78 is 0. The largest absolute Gasteiger partial charge is 0.398 e. The molecular weight excluding hydrogens is 148 g/mol. The zero-order valence-corrected chi connectivity index (χ0v) is 7.25. The third-order valence-corrected chi connectivity index (χ3v) is 1.68. The van der Waals surface area contributed by atoms with Crippen molar-refractivity contribution in [3.8, 4) is 0 Å². The van der Waals surface area contributed by atoms with E-state index in [2.05, 4.69) is 0 Å². The fourth-order valence-electron chi connectivity index (χ4n) is 1.03. The Bertz CT molecular complexity index is 290. The standard InChI is InChI=1S/C10H14N2/c1-8-4-5-10(12)9(7-8)3-2-6-11/h2-5,7H,6,11-12H2,1H3. The van der Waals surface area contributed by atoms with Gasteiger partial charge >= 0.3 is 0 Å². The van der Waals surface area contributed by atoms with Gasteiger partial charge in [-0.3, -0.25) is 0 Å². The molecule has 64 valence electrons. The smallest absolute Gasteiger partial charge is 0.0387 e. The molecule has 0 saturated carbocycles. The van der Waals surface area contributed by atoms with Gasteiger partial charge in [-0.25, -0.2) is 0 Å². The van der Waals surface area contributed by atoms with Crippen molar-refractivity contribution in [2.24, 2.45) is 5.73 Å². The third kappa shape index (κ3) is 2.10. The summed E-state index contributed by atoms with van der Waals surface area (Å²) in [5.74, 6) is 0. The van der Waals surface area contributed by atoms with Crippen LogP contribution < -0.4 is 11.5 Å². The predicted molar refractivity (Wildman–Crippen MR) is 53.7 cm³/mol. The maximum Gasteiger partial charge on any atom is 0.0387 e. The first kappa shape index (κ1) is 8.81. The molecule has 0 aliphatic heterocycles. The molecule has 1 rings (SSSR count). The minimum absolute atomic E-state index is 0.549. The first-order valence-corrected chi connectivity index (χ1v) is 3.97. The van der Waals surface area contributed by atoms with E-state index in [4.69, 9.17) is 11.5 Å². The molecule has 0 amide bonds. The summed E-state index contributed by atoms with van der Waals surface area (Å²) >= 11 is 0. The third-order valence-electron chi connectivity index (χ3n) is 1.68. The van der Waals surface area contributed by atoms with Crippen molar-refractivity contribution in [3.63, 3.8) is 0 Å². The van der Waals surface area contributed by atoms with Crippen LogP contribution in [0.2, 0.25) is 0 Å². The second kappa shape index (κ2) is 3.93. The van der Waals surface area contributed by atoms with Gasteiger partial charge in [0.25, 0.3) is 0 Å². The van der Waals surface area contributed by atoms with E-state index in [1.165, 1.54) is 5.56 Å². The van der Waals surface area contributed by atoms with Gasteiger partial charge in [0.1, 0.15) is 0 Å². The summed E-state index contributed by atoms with van der Waals surface area (Å²) in [5.41, 5.74) is 14.1. The summed E-state index contributed by atoms with van der Waals surface area (Å²) in [6, 6.07) is 5.95. The van der Waals surface area contributed by atoms with Crippen LogP contribution >= 0.6 is 0 Å². The number of rotatable bonds is 2. The van der Waals surface area contributed by atoms with Crippen molar-refractivity contribution in [2.45, 2.75) is 6.92 Å². The van der Waals surface area contributed by atoms with E-state index in [0.717, 1.165) is 11.3 Å². The maximum atomic E-state index is 5.74. The van der Waals surface area contributed by atoms with Crippen LogP contribution in [0.25, 0.3) is 6.08 Å². The fraction of sp³-hybridized carbons (Fsp3) is 0.200. The molecule has 0 aliphatic rings. The minimum Gasteiger partial charge on any atom is -0.398 e. The van der Waals surface area contributed by atoms with Crippen LogP contribution in [0.1, 0.15) is 11.1 Å². The van der Waals surface area contributed by atoms with E-state index in [1.54, 1.807) is 0 Å². The number of anilines is 1. The number of hydrogen-bond acceptors (Lipinski definition) is 2. The second-order valence-corrected chi connectivity index (χ2v) is 2.77. The monoisotopic (exact) mass is 162 g/mol. The molecule has 0 unspecified atom stereocenters. The zero-order chi connectivity index (χ0) is 8.97. The molecular formula is C10H14N2. The van der Waals surface area contributed by atoms with Crippen molar-refractivity contribution in [1.82, 2.24) is 0 Å². The van der Waals surface area contributed by atoms with Crippen molar-refractivity contribution in [1.29, 1.82) is 0 Å². The predicted octanol–water partition coefficient (Wildman–Crippen LogP) is 1.55. The molecule has 1 aromatic carbocycles. The van der Waals surface area contributed by atoms with Gasteiger partial charge in [0.05, 0.1) is 0 Å². The fourth-order valence-corrected chi connectivity index (χ4v) is 1.03. The van der Waals surface area contributed by atoms with E-state index in [0.29, 0.717) is 6.54 Å². The van der Waals surface area contributed by atoms with E-state index in [9.17, 15) is 0 Å². The number of benzene rings is 1. The molecule has 4 N–H and O–H groups in total. The Morgan fingerprint density at radius 3 is 2.83 bits per heavy atom. The highest BCUT2D eigenvalue weighted by Crippen LogP contribution is 2.14. The average molecular weight is 162 g/mol. The summed E-state index contributed by atoms with van der Waals surface area (Å²) in [6.45, 7) is 2.59. The first-order chi connectivity index (χ1) is 5.74. The van der Waals surface area contributed by atoms with E-state index >= 15 is 0 Å². The molecule has 12 heavy (non-hydrogen) atoms. The molecule has 0 heterocycles. The number of hydrogen-bond donors (Lipinski definition) is 2. The molecule has 0 fully saturated rings. The lowest BCUT2D eigenvalue weighted by Crippen LogP contribution is -1.93. The number of nitrogen functional groups attached to an aromatic ring is 1. The lowest BCUT2D eigenvalue weighted by atomic mass is 10.1. The molecule has 0 spiro atoms. The summed E-state index contributed by atoms with van der Waals surface area (Å²) in [7, 11) is 0. The highest BCUT2D eigenvalue weighted by atomic mass is 14.6. The average Bonchev–Trinajstić information content (AvgIpc) is 2.07. The van der Waals surface area contributed by atoms with Gasteiger partial charge < -0.3 is 11.5 Å². The zero-order valence-electron chi connectivity index (χ0n) is 7.25. The Kier molecular flexibility index (Phi) is 2.88. The lowest BCUT2D eigenvalue weighted by molar-refractivity contribution is 1.26. The maximum absolute atomic E-state index is 5.74. The molecule has 0 bridgehead atoms. The van der Waals surface area contributed by atoms with Gasteiger partial charge in [-0.2, -0.15) is 0 Å². The number of aryl methyl sites for hydroxylation is 1. The first-order valence-electron chi connectivity index (χ1n) is 3.97. The van der Waals surface area contributed by atoms with Crippen LogP contribution in [0.3, 0.4) is 0 Å². The second-order valence-electron chi connectivity index (χ2n) is 2.77. The molecule has 2 heteroatoms. The van der Waals surface area contributed by atoms with Crippen molar-refractivity contribution in [3.05, 3.63) is 35.4 Å². The van der Waals surface area contributed by atoms with Crippen LogP contribution in [0, 0.1) is 6.92 Å². The van der Waals surface area contributed by atoms with Gasteiger partial charge in [-0.05, 0) is 24.6 Å². The Morgan fingerprint density at radius 1 is 1.42 bits per heavy atom. The Balaban J connectivity index is 2.97. The Hall–Kier alpha value is -1.28. The normalized spacial score (nSPS) is 10.8. The van der Waals surface area contributed by atoms with Crippen molar-refractivity contribution in [2.75, 3.05) is 12.3 Å². The lowest BCUT2D eigenvalue weighted by Gasteiger charge is -2.00. The Morgan fingerprint density at radius 2 is 2.17 bits per heavy atom. The van der Waals surface area contributed by atoms with Crippen LogP contribution in [-0.4, -0.2) is 6.54 Å². The number of nitrogens with two attached hydrogens (primary N) is 2. The highest BCUT2D eigenvalue weighted by Gasteiger charge is 1.93. The molecule has 2 nitrogen and oxygen atoms in total. The summed E-state index contributed by atoms with van der Waals surface area (Å²) in [6.07, 6.45) is 3.84. The van der Waals surface area contributed by atoms with Gasteiger partial charge in [0, 0.05) is 12.2 Å². The summed E-state index contributed by atoms with van der Waals surface area (Å²) in [4.78, 5) is 0. The van der Waals surface area contributed by atoms with Crippen LogP contribution in [-0.2, 0) is 0 Å². The van der Waals surface area contributed by atoms with Crippen LogP contribution in [0.5, 0.6) is 0 Å². The van der Waals surface area contributed by atoms with Crippen molar-refractivity contribution >= 4 is 11.8 Å². The van der Waals surface area contributed by atoms with Crippen LogP contribution in [0.15, 0.2) is 24.3 Å². The van der Waals surface area contributed by atoms with E-state index in [-0.39, 0.29) is 0 Å².